The summed E-state index contributed by atoms with van der Waals surface area (Å²) in [6.45, 7) is 2.27. The number of carbonyl (C=O) groups is 1. The Hall–Kier alpha value is -2.62. The fourth-order valence-electron chi connectivity index (χ4n) is 3.04. The maximum atomic E-state index is 13.2. The van der Waals surface area contributed by atoms with Crippen LogP contribution in [0.25, 0.3) is 10.9 Å². The SMILES string of the molecule is CCOc1ccc(S(=O)(=O)NC(CSCc2ccccc2)C(=O)OC)c2cccnc12. The van der Waals surface area contributed by atoms with Crippen LogP contribution >= 0.6 is 11.8 Å². The Morgan fingerprint density at radius 1 is 1.13 bits per heavy atom. The Bertz CT molecular complexity index is 1140. The van der Waals surface area contributed by atoms with Crippen molar-refractivity contribution in [3.05, 3.63) is 66.4 Å². The highest BCUT2D eigenvalue weighted by Crippen LogP contribution is 2.29. The molecule has 3 aromatic rings. The molecule has 7 nitrogen and oxygen atoms in total. The third-order valence-electron chi connectivity index (χ3n) is 4.46. The number of fused-ring (bicyclic) bond motifs is 1. The molecule has 31 heavy (non-hydrogen) atoms. The number of methoxy groups -OCH3 is 1. The van der Waals surface area contributed by atoms with E-state index >= 15 is 0 Å². The average Bonchev–Trinajstić information content (AvgIpc) is 2.78. The topological polar surface area (TPSA) is 94.6 Å². The molecule has 0 saturated carbocycles. The number of rotatable bonds is 10. The van der Waals surface area contributed by atoms with E-state index in [2.05, 4.69) is 9.71 Å². The molecule has 0 aliphatic rings. The zero-order chi connectivity index (χ0) is 22.3. The number of aromatic nitrogens is 1. The van der Waals surface area contributed by atoms with Crippen molar-refractivity contribution in [2.24, 2.45) is 0 Å². The zero-order valence-corrected chi connectivity index (χ0v) is 18.9. The standard InChI is InChI=1S/C22H24N2O5S2/c1-3-29-19-11-12-20(17-10-7-13-23-21(17)19)31(26,27)24-18(22(25)28-2)15-30-14-16-8-5-4-6-9-16/h4-13,18,24H,3,14-15H2,1-2H3. The first-order chi connectivity index (χ1) is 15.0. The smallest absolute Gasteiger partial charge is 0.324 e. The van der Waals surface area contributed by atoms with E-state index in [-0.39, 0.29) is 10.6 Å². The number of esters is 1. The minimum atomic E-state index is -4.03. The van der Waals surface area contributed by atoms with E-state index in [1.165, 1.54) is 24.9 Å². The van der Waals surface area contributed by atoms with Gasteiger partial charge in [-0.2, -0.15) is 16.5 Å². The lowest BCUT2D eigenvalue weighted by atomic mass is 10.2. The maximum Gasteiger partial charge on any atom is 0.324 e. The molecule has 0 saturated heterocycles. The molecule has 0 radical (unpaired) electrons. The van der Waals surface area contributed by atoms with Gasteiger partial charge in [-0.15, -0.1) is 0 Å². The second-order valence-corrected chi connectivity index (χ2v) is 9.30. The van der Waals surface area contributed by atoms with Gasteiger partial charge in [0, 0.05) is 23.1 Å². The van der Waals surface area contributed by atoms with Gasteiger partial charge >= 0.3 is 5.97 Å². The molecule has 9 heteroatoms. The maximum absolute atomic E-state index is 13.2. The van der Waals surface area contributed by atoms with Crippen molar-refractivity contribution < 1.29 is 22.7 Å². The van der Waals surface area contributed by atoms with Gasteiger partial charge < -0.3 is 9.47 Å². The van der Waals surface area contributed by atoms with E-state index in [1.54, 1.807) is 24.4 Å². The normalized spacial score (nSPS) is 12.5. The van der Waals surface area contributed by atoms with Crippen LogP contribution in [-0.4, -0.2) is 44.9 Å². The largest absolute Gasteiger partial charge is 0.492 e. The van der Waals surface area contributed by atoms with Gasteiger partial charge in [-0.1, -0.05) is 30.3 Å². The summed E-state index contributed by atoms with van der Waals surface area (Å²) in [7, 11) is -2.79. The van der Waals surface area contributed by atoms with Gasteiger partial charge in [-0.25, -0.2) is 8.42 Å². The highest BCUT2D eigenvalue weighted by molar-refractivity contribution is 7.98. The molecule has 0 fully saturated rings. The second-order valence-electron chi connectivity index (χ2n) is 6.59. The van der Waals surface area contributed by atoms with Crippen molar-refractivity contribution in [1.82, 2.24) is 9.71 Å². The summed E-state index contributed by atoms with van der Waals surface area (Å²) >= 11 is 1.45. The Balaban J connectivity index is 1.83. The molecular formula is C22H24N2O5S2. The lowest BCUT2D eigenvalue weighted by Gasteiger charge is -2.18. The predicted molar refractivity (Wildman–Crippen MR) is 122 cm³/mol. The third kappa shape index (κ3) is 5.75. The van der Waals surface area contributed by atoms with Gasteiger partial charge in [0.25, 0.3) is 0 Å². The van der Waals surface area contributed by atoms with Gasteiger partial charge in [-0.05, 0) is 36.8 Å². The first-order valence-electron chi connectivity index (χ1n) is 9.68. The molecule has 1 aromatic heterocycles. The fourth-order valence-corrected chi connectivity index (χ4v) is 5.53. The highest BCUT2D eigenvalue weighted by Gasteiger charge is 2.28. The quantitative estimate of drug-likeness (QED) is 0.464. The lowest BCUT2D eigenvalue weighted by Crippen LogP contribution is -2.43. The highest BCUT2D eigenvalue weighted by atomic mass is 32.2. The van der Waals surface area contributed by atoms with Crippen LogP contribution in [0.1, 0.15) is 12.5 Å². The van der Waals surface area contributed by atoms with E-state index in [4.69, 9.17) is 9.47 Å². The van der Waals surface area contributed by atoms with Crippen LogP contribution < -0.4 is 9.46 Å². The van der Waals surface area contributed by atoms with Gasteiger partial charge in [0.05, 0.1) is 18.6 Å². The number of benzene rings is 2. The van der Waals surface area contributed by atoms with Crippen LogP contribution in [-0.2, 0) is 25.3 Å². The van der Waals surface area contributed by atoms with Crippen molar-refractivity contribution in [3.8, 4) is 5.75 Å². The molecule has 1 N–H and O–H groups in total. The summed E-state index contributed by atoms with van der Waals surface area (Å²) in [5.41, 5.74) is 1.53. The Morgan fingerprint density at radius 2 is 1.90 bits per heavy atom. The number of nitrogens with one attached hydrogen (secondary N) is 1. The van der Waals surface area contributed by atoms with Gasteiger partial charge in [0.1, 0.15) is 17.3 Å². The fraction of sp³-hybridized carbons (Fsp3) is 0.273. The van der Waals surface area contributed by atoms with Gasteiger partial charge in [0.15, 0.2) is 0 Å². The Morgan fingerprint density at radius 3 is 2.61 bits per heavy atom. The van der Waals surface area contributed by atoms with Crippen LogP contribution in [0.2, 0.25) is 0 Å². The first-order valence-corrected chi connectivity index (χ1v) is 12.3. The molecule has 3 rings (SSSR count). The molecule has 1 heterocycles. The summed E-state index contributed by atoms with van der Waals surface area (Å²) in [6.07, 6.45) is 1.58. The van der Waals surface area contributed by atoms with E-state index in [1.807, 2.05) is 37.3 Å². The first kappa shape index (κ1) is 23.1. The molecule has 1 atom stereocenters. The number of pyridine rings is 1. The summed E-state index contributed by atoms with van der Waals surface area (Å²) in [5.74, 6) is 0.734. The summed E-state index contributed by atoms with van der Waals surface area (Å²) in [4.78, 5) is 16.6. The second kappa shape index (κ2) is 10.6. The van der Waals surface area contributed by atoms with Crippen molar-refractivity contribution in [1.29, 1.82) is 0 Å². The minimum Gasteiger partial charge on any atom is -0.492 e. The molecular weight excluding hydrogens is 436 g/mol. The number of nitrogens with zero attached hydrogens (tertiary/aromatic N) is 1. The van der Waals surface area contributed by atoms with E-state index in [0.717, 1.165) is 5.56 Å². The van der Waals surface area contributed by atoms with Crippen LogP contribution in [0.4, 0.5) is 0 Å². The number of carbonyl (C=O) groups excluding carboxylic acids is 1. The monoisotopic (exact) mass is 460 g/mol. The van der Waals surface area contributed by atoms with Gasteiger partial charge in [0.2, 0.25) is 10.0 Å². The molecule has 164 valence electrons. The Kier molecular flexibility index (Phi) is 7.89. The molecule has 1 unspecified atom stereocenters. The summed E-state index contributed by atoms with van der Waals surface area (Å²) < 4.78 is 39.3. The minimum absolute atomic E-state index is 0.0287. The molecule has 0 amide bonds. The molecule has 0 aliphatic carbocycles. The number of hydrogen-bond acceptors (Lipinski definition) is 7. The lowest BCUT2D eigenvalue weighted by molar-refractivity contribution is -0.141. The summed E-state index contributed by atoms with van der Waals surface area (Å²) in [6, 6.07) is 15.1. The number of ether oxygens (including phenoxy) is 2. The molecule has 2 aromatic carbocycles. The number of hydrogen-bond donors (Lipinski definition) is 1. The van der Waals surface area contributed by atoms with Crippen LogP contribution in [0.15, 0.2) is 65.7 Å². The molecule has 0 bridgehead atoms. The van der Waals surface area contributed by atoms with Crippen molar-refractivity contribution >= 4 is 38.7 Å². The third-order valence-corrected chi connectivity index (χ3v) is 7.10. The predicted octanol–water partition coefficient (Wildman–Crippen LogP) is 3.39. The average molecular weight is 461 g/mol. The zero-order valence-electron chi connectivity index (χ0n) is 17.3. The Labute approximate surface area is 186 Å². The van der Waals surface area contributed by atoms with E-state index in [0.29, 0.717) is 29.0 Å². The number of thioether (sulfide) groups is 1. The van der Waals surface area contributed by atoms with E-state index < -0.39 is 22.0 Å². The number of sulfonamides is 1. The van der Waals surface area contributed by atoms with E-state index in [9.17, 15) is 13.2 Å². The van der Waals surface area contributed by atoms with Crippen molar-refractivity contribution in [2.75, 3.05) is 19.5 Å². The summed E-state index contributed by atoms with van der Waals surface area (Å²) in [5, 5.41) is 0.418. The molecule has 0 spiro atoms. The van der Waals surface area contributed by atoms with Crippen LogP contribution in [0, 0.1) is 0 Å². The van der Waals surface area contributed by atoms with Crippen molar-refractivity contribution in [2.45, 2.75) is 23.6 Å². The van der Waals surface area contributed by atoms with Crippen molar-refractivity contribution in [3.63, 3.8) is 0 Å². The molecule has 0 aliphatic heterocycles. The van der Waals surface area contributed by atoms with Crippen LogP contribution in [0.5, 0.6) is 5.75 Å². The van der Waals surface area contributed by atoms with Crippen LogP contribution in [0.3, 0.4) is 0 Å². The van der Waals surface area contributed by atoms with Gasteiger partial charge in [-0.3, -0.25) is 9.78 Å².